The molecule has 3 rings (SSSR count). The van der Waals surface area contributed by atoms with E-state index in [1.807, 2.05) is 55.5 Å². The van der Waals surface area contributed by atoms with E-state index >= 15 is 0 Å². The largest absolute Gasteiger partial charge is 0.272 e. The highest BCUT2D eigenvalue weighted by atomic mass is 127. The van der Waals surface area contributed by atoms with E-state index in [9.17, 15) is 4.79 Å². The lowest BCUT2D eigenvalue weighted by Crippen LogP contribution is -2.20. The van der Waals surface area contributed by atoms with Crippen molar-refractivity contribution in [1.82, 2.24) is 5.43 Å². The van der Waals surface area contributed by atoms with Crippen LogP contribution in [0.25, 0.3) is 11.1 Å². The molecular weight excluding hydrogens is 423 g/mol. The van der Waals surface area contributed by atoms with Gasteiger partial charge in [-0.3, -0.25) is 4.79 Å². The van der Waals surface area contributed by atoms with Crippen LogP contribution in [0.5, 0.6) is 0 Å². The number of benzene rings is 3. The maximum absolute atomic E-state index is 12.2. The summed E-state index contributed by atoms with van der Waals surface area (Å²) in [5.74, 6) is -0.203. The third-order valence-corrected chi connectivity index (χ3v) is 4.79. The minimum atomic E-state index is -0.203. The van der Waals surface area contributed by atoms with Crippen molar-refractivity contribution in [3.05, 3.63) is 93.6 Å². The number of nitrogens with zero attached hydrogens (tertiary/aromatic N) is 1. The Bertz CT molecular complexity index is 903. The molecular formula is C21H17IN2O. The normalized spacial score (nSPS) is 11.2. The molecule has 0 unspecified atom stereocenters. The van der Waals surface area contributed by atoms with E-state index in [1.54, 1.807) is 6.07 Å². The molecule has 0 radical (unpaired) electrons. The first-order valence-electron chi connectivity index (χ1n) is 7.90. The van der Waals surface area contributed by atoms with Crippen molar-refractivity contribution in [2.45, 2.75) is 6.92 Å². The first-order chi connectivity index (χ1) is 12.1. The highest BCUT2D eigenvalue weighted by Crippen LogP contribution is 2.19. The molecule has 0 saturated carbocycles. The Morgan fingerprint density at radius 2 is 1.44 bits per heavy atom. The monoisotopic (exact) mass is 440 g/mol. The molecule has 0 bridgehead atoms. The molecule has 1 N–H and O–H groups in total. The average molecular weight is 440 g/mol. The van der Waals surface area contributed by atoms with Gasteiger partial charge < -0.3 is 0 Å². The predicted molar refractivity (Wildman–Crippen MR) is 111 cm³/mol. The van der Waals surface area contributed by atoms with Crippen LogP contribution in [0.2, 0.25) is 0 Å². The number of carbonyl (C=O) groups is 1. The number of hydrazone groups is 1. The van der Waals surface area contributed by atoms with Gasteiger partial charge in [0.15, 0.2) is 0 Å². The molecule has 0 atom stereocenters. The molecule has 3 aromatic carbocycles. The molecule has 0 aliphatic heterocycles. The van der Waals surface area contributed by atoms with Gasteiger partial charge in [-0.05, 0) is 58.3 Å². The molecule has 0 aliphatic rings. The van der Waals surface area contributed by atoms with E-state index in [2.05, 4.69) is 57.4 Å². The van der Waals surface area contributed by atoms with Gasteiger partial charge in [0.25, 0.3) is 5.91 Å². The summed E-state index contributed by atoms with van der Waals surface area (Å²) in [6.45, 7) is 1.88. The second-order valence-electron chi connectivity index (χ2n) is 5.56. The second kappa shape index (κ2) is 8.07. The SMILES string of the molecule is C/C(=N/NC(=O)c1ccccc1I)c1ccc(-c2ccccc2)cc1. The Morgan fingerprint density at radius 1 is 0.840 bits per heavy atom. The third kappa shape index (κ3) is 4.33. The zero-order valence-corrected chi connectivity index (χ0v) is 15.9. The number of rotatable bonds is 4. The molecule has 4 heteroatoms. The van der Waals surface area contributed by atoms with Gasteiger partial charge in [0.05, 0.1) is 11.3 Å². The third-order valence-electron chi connectivity index (χ3n) is 3.85. The molecule has 0 heterocycles. The number of carbonyl (C=O) groups excluding carboxylic acids is 1. The molecule has 0 spiro atoms. The maximum Gasteiger partial charge on any atom is 0.272 e. The molecule has 0 saturated heterocycles. The van der Waals surface area contributed by atoms with E-state index < -0.39 is 0 Å². The Morgan fingerprint density at radius 3 is 2.12 bits per heavy atom. The average Bonchev–Trinajstić information content (AvgIpc) is 2.67. The van der Waals surface area contributed by atoms with Crippen molar-refractivity contribution in [2.75, 3.05) is 0 Å². The van der Waals surface area contributed by atoms with Gasteiger partial charge in [0, 0.05) is 3.57 Å². The van der Waals surface area contributed by atoms with Crippen LogP contribution >= 0.6 is 22.6 Å². The maximum atomic E-state index is 12.2. The molecule has 1 amide bonds. The number of halogens is 1. The fourth-order valence-electron chi connectivity index (χ4n) is 2.44. The van der Waals surface area contributed by atoms with Gasteiger partial charge >= 0.3 is 0 Å². The summed E-state index contributed by atoms with van der Waals surface area (Å²) < 4.78 is 0.901. The van der Waals surface area contributed by atoms with E-state index in [1.165, 1.54) is 5.56 Å². The summed E-state index contributed by atoms with van der Waals surface area (Å²) in [5, 5.41) is 4.23. The molecule has 124 valence electrons. The van der Waals surface area contributed by atoms with Crippen molar-refractivity contribution in [3.8, 4) is 11.1 Å². The number of hydrogen-bond donors (Lipinski definition) is 1. The quantitative estimate of drug-likeness (QED) is 0.342. The summed E-state index contributed by atoms with van der Waals surface area (Å²) in [5.41, 5.74) is 7.32. The molecule has 0 aromatic heterocycles. The zero-order valence-electron chi connectivity index (χ0n) is 13.7. The minimum absolute atomic E-state index is 0.203. The standard InChI is InChI=1S/C21H17IN2O/c1-15(23-24-21(25)19-9-5-6-10-20(19)22)16-11-13-18(14-12-16)17-7-3-2-4-8-17/h2-14H,1H3,(H,24,25)/b23-15-. The van der Waals surface area contributed by atoms with Crippen LogP contribution in [0, 0.1) is 3.57 Å². The zero-order chi connectivity index (χ0) is 17.6. The van der Waals surface area contributed by atoms with Gasteiger partial charge in [-0.1, -0.05) is 66.7 Å². The van der Waals surface area contributed by atoms with Crippen molar-refractivity contribution in [1.29, 1.82) is 0 Å². The smallest absolute Gasteiger partial charge is 0.267 e. The van der Waals surface area contributed by atoms with E-state index in [-0.39, 0.29) is 5.91 Å². The fourth-order valence-corrected chi connectivity index (χ4v) is 3.07. The first kappa shape index (κ1) is 17.4. The van der Waals surface area contributed by atoms with Gasteiger partial charge in [0.1, 0.15) is 0 Å². The van der Waals surface area contributed by atoms with Gasteiger partial charge in [-0.2, -0.15) is 5.10 Å². The van der Waals surface area contributed by atoms with Crippen LogP contribution in [0.4, 0.5) is 0 Å². The summed E-state index contributed by atoms with van der Waals surface area (Å²) in [4.78, 5) is 12.2. The fraction of sp³-hybridized carbons (Fsp3) is 0.0476. The van der Waals surface area contributed by atoms with Crippen molar-refractivity contribution in [2.24, 2.45) is 5.10 Å². The Kier molecular flexibility index (Phi) is 5.60. The van der Waals surface area contributed by atoms with Crippen molar-refractivity contribution in [3.63, 3.8) is 0 Å². The lowest BCUT2D eigenvalue weighted by atomic mass is 10.0. The topological polar surface area (TPSA) is 41.5 Å². The Balaban J connectivity index is 1.72. The summed E-state index contributed by atoms with van der Waals surface area (Å²) >= 11 is 2.14. The number of hydrogen-bond acceptors (Lipinski definition) is 2. The first-order valence-corrected chi connectivity index (χ1v) is 8.98. The van der Waals surface area contributed by atoms with E-state index in [4.69, 9.17) is 0 Å². The lowest BCUT2D eigenvalue weighted by Gasteiger charge is -2.06. The summed E-state index contributed by atoms with van der Waals surface area (Å²) in [6, 6.07) is 25.8. The van der Waals surface area contributed by atoms with Crippen molar-refractivity contribution >= 4 is 34.2 Å². The van der Waals surface area contributed by atoms with E-state index in [0.29, 0.717) is 5.56 Å². The van der Waals surface area contributed by atoms with Crippen LogP contribution in [-0.2, 0) is 0 Å². The highest BCUT2D eigenvalue weighted by molar-refractivity contribution is 14.1. The van der Waals surface area contributed by atoms with Crippen LogP contribution < -0.4 is 5.43 Å². The van der Waals surface area contributed by atoms with Crippen LogP contribution in [0.3, 0.4) is 0 Å². The van der Waals surface area contributed by atoms with Gasteiger partial charge in [0.2, 0.25) is 0 Å². The molecule has 0 aliphatic carbocycles. The van der Waals surface area contributed by atoms with Gasteiger partial charge in [-0.15, -0.1) is 0 Å². The number of amides is 1. The Labute approximate surface area is 160 Å². The lowest BCUT2D eigenvalue weighted by molar-refractivity contribution is 0.0954. The predicted octanol–water partition coefficient (Wildman–Crippen LogP) is 5.11. The van der Waals surface area contributed by atoms with E-state index in [0.717, 1.165) is 20.4 Å². The second-order valence-corrected chi connectivity index (χ2v) is 6.72. The molecule has 25 heavy (non-hydrogen) atoms. The Hall–Kier alpha value is -2.47. The van der Waals surface area contributed by atoms with Crippen molar-refractivity contribution < 1.29 is 4.79 Å². The summed E-state index contributed by atoms with van der Waals surface area (Å²) in [6.07, 6.45) is 0. The molecule has 3 nitrogen and oxygen atoms in total. The minimum Gasteiger partial charge on any atom is -0.267 e. The van der Waals surface area contributed by atoms with Gasteiger partial charge in [-0.25, -0.2) is 5.43 Å². The number of nitrogens with one attached hydrogen (secondary N) is 1. The summed E-state index contributed by atoms with van der Waals surface area (Å²) in [7, 11) is 0. The van der Waals surface area contributed by atoms with Crippen LogP contribution in [0.1, 0.15) is 22.8 Å². The van der Waals surface area contributed by atoms with Crippen LogP contribution in [0.15, 0.2) is 84.0 Å². The van der Waals surface area contributed by atoms with Crippen LogP contribution in [-0.4, -0.2) is 11.6 Å². The molecule has 0 fully saturated rings. The molecule has 3 aromatic rings. The highest BCUT2D eigenvalue weighted by Gasteiger charge is 2.08.